The van der Waals surface area contributed by atoms with Crippen molar-refractivity contribution in [3.05, 3.63) is 54.5 Å². The molecule has 28 heavy (non-hydrogen) atoms. The van der Waals surface area contributed by atoms with Crippen LogP contribution in [0.1, 0.15) is 30.1 Å². The van der Waals surface area contributed by atoms with E-state index in [0.29, 0.717) is 6.04 Å². The number of amides is 1. The lowest BCUT2D eigenvalue weighted by atomic mass is 10.1. The second-order valence-electron chi connectivity index (χ2n) is 7.79. The Morgan fingerprint density at radius 2 is 2.04 bits per heavy atom. The summed E-state index contributed by atoms with van der Waals surface area (Å²) in [6, 6.07) is 10.6. The van der Waals surface area contributed by atoms with E-state index >= 15 is 0 Å². The molecule has 1 saturated heterocycles. The topological polar surface area (TPSA) is 46.3 Å². The molecule has 1 aliphatic heterocycles. The maximum absolute atomic E-state index is 13.1. The van der Waals surface area contributed by atoms with Gasteiger partial charge in [-0.3, -0.25) is 14.4 Å². The van der Waals surface area contributed by atoms with Crippen LogP contribution in [0, 0.1) is 0 Å². The molecule has 1 atom stereocenters. The van der Waals surface area contributed by atoms with E-state index in [0.717, 1.165) is 56.6 Å². The van der Waals surface area contributed by atoms with Crippen molar-refractivity contribution < 1.29 is 4.79 Å². The van der Waals surface area contributed by atoms with E-state index < -0.39 is 0 Å². The third-order valence-corrected chi connectivity index (χ3v) is 5.91. The van der Waals surface area contributed by atoms with Crippen molar-refractivity contribution in [1.82, 2.24) is 24.1 Å². The van der Waals surface area contributed by atoms with E-state index in [-0.39, 0.29) is 5.91 Å². The number of carbonyl (C=O) groups is 1. The third-order valence-electron chi connectivity index (χ3n) is 5.91. The smallest absolute Gasteiger partial charge is 0.253 e. The van der Waals surface area contributed by atoms with Gasteiger partial charge in [-0.2, -0.15) is 5.10 Å². The number of hydrogen-bond donors (Lipinski definition) is 0. The van der Waals surface area contributed by atoms with E-state index in [4.69, 9.17) is 0 Å². The van der Waals surface area contributed by atoms with Gasteiger partial charge < -0.3 is 9.47 Å². The molecular weight excluding hydrogens is 350 g/mol. The molecule has 1 unspecified atom stereocenters. The Bertz CT molecular complexity index is 930. The fourth-order valence-corrected chi connectivity index (χ4v) is 4.09. The second kappa shape index (κ2) is 8.19. The maximum atomic E-state index is 13.1. The molecule has 0 saturated carbocycles. The summed E-state index contributed by atoms with van der Waals surface area (Å²) >= 11 is 0. The van der Waals surface area contributed by atoms with Crippen LogP contribution in [0.15, 0.2) is 48.9 Å². The standard InChI is InChI=1S/C22H29N5O/c1-18(7-14-27-12-3-9-23-27)25-10-4-11-26(16-15-25)22(28)20-6-5-19-8-13-24(2)21(19)17-20/h3,5-6,8-9,12-13,17-18H,4,7,10-11,14-16H2,1-2H3. The average Bonchev–Trinajstić information content (AvgIpc) is 3.28. The van der Waals surface area contributed by atoms with Crippen LogP contribution < -0.4 is 0 Å². The molecule has 148 valence electrons. The van der Waals surface area contributed by atoms with Gasteiger partial charge in [0.05, 0.1) is 0 Å². The first kappa shape index (κ1) is 18.7. The van der Waals surface area contributed by atoms with Gasteiger partial charge in [-0.05, 0) is 49.4 Å². The summed E-state index contributed by atoms with van der Waals surface area (Å²) < 4.78 is 4.06. The summed E-state index contributed by atoms with van der Waals surface area (Å²) in [5.41, 5.74) is 1.89. The molecule has 6 heteroatoms. The van der Waals surface area contributed by atoms with Crippen LogP contribution in [-0.4, -0.2) is 62.3 Å². The minimum Gasteiger partial charge on any atom is -0.351 e. The normalized spacial score (nSPS) is 17.0. The Balaban J connectivity index is 1.37. The molecule has 0 spiro atoms. The highest BCUT2D eigenvalue weighted by molar-refractivity contribution is 5.98. The van der Waals surface area contributed by atoms with Crippen molar-refractivity contribution in [1.29, 1.82) is 0 Å². The molecule has 4 rings (SSSR count). The van der Waals surface area contributed by atoms with Crippen LogP contribution in [0.5, 0.6) is 0 Å². The largest absolute Gasteiger partial charge is 0.351 e. The number of carbonyl (C=O) groups excluding carboxylic acids is 1. The van der Waals surface area contributed by atoms with Gasteiger partial charge >= 0.3 is 0 Å². The Hall–Kier alpha value is -2.60. The van der Waals surface area contributed by atoms with Crippen LogP contribution in [0.25, 0.3) is 10.9 Å². The van der Waals surface area contributed by atoms with Crippen LogP contribution in [-0.2, 0) is 13.6 Å². The van der Waals surface area contributed by atoms with Crippen molar-refractivity contribution in [3.63, 3.8) is 0 Å². The van der Waals surface area contributed by atoms with Crippen molar-refractivity contribution in [2.24, 2.45) is 7.05 Å². The number of aryl methyl sites for hydroxylation is 2. The molecule has 1 aliphatic rings. The highest BCUT2D eigenvalue weighted by Crippen LogP contribution is 2.19. The lowest BCUT2D eigenvalue weighted by Crippen LogP contribution is -2.38. The molecule has 3 aromatic rings. The van der Waals surface area contributed by atoms with Crippen molar-refractivity contribution in [2.45, 2.75) is 32.4 Å². The zero-order valence-corrected chi connectivity index (χ0v) is 16.8. The van der Waals surface area contributed by atoms with Crippen LogP contribution >= 0.6 is 0 Å². The summed E-state index contributed by atoms with van der Waals surface area (Å²) in [5.74, 6) is 0.147. The Morgan fingerprint density at radius 1 is 1.14 bits per heavy atom. The van der Waals surface area contributed by atoms with Crippen molar-refractivity contribution >= 4 is 16.8 Å². The van der Waals surface area contributed by atoms with E-state index in [1.807, 2.05) is 59.5 Å². The maximum Gasteiger partial charge on any atom is 0.253 e. The molecule has 3 heterocycles. The van der Waals surface area contributed by atoms with E-state index in [1.54, 1.807) is 0 Å². The molecule has 0 N–H and O–H groups in total. The fourth-order valence-electron chi connectivity index (χ4n) is 4.09. The molecular formula is C22H29N5O. The molecule has 0 radical (unpaired) electrons. The van der Waals surface area contributed by atoms with E-state index in [1.165, 1.54) is 5.39 Å². The van der Waals surface area contributed by atoms with Gasteiger partial charge in [0.2, 0.25) is 0 Å². The van der Waals surface area contributed by atoms with Gasteiger partial charge in [0, 0.05) is 75.5 Å². The Labute approximate surface area is 166 Å². The third kappa shape index (κ3) is 3.97. The lowest BCUT2D eigenvalue weighted by Gasteiger charge is -2.28. The van der Waals surface area contributed by atoms with Gasteiger partial charge in [-0.25, -0.2) is 0 Å². The SMILES string of the molecule is CC(CCn1cccn1)N1CCCN(C(=O)c2ccc3ccn(C)c3c2)CC1. The Kier molecular flexibility index (Phi) is 5.48. The van der Waals surface area contributed by atoms with Gasteiger partial charge in [0.1, 0.15) is 0 Å². The second-order valence-corrected chi connectivity index (χ2v) is 7.79. The number of hydrogen-bond acceptors (Lipinski definition) is 3. The number of rotatable bonds is 5. The zero-order chi connectivity index (χ0) is 19.5. The van der Waals surface area contributed by atoms with E-state index in [9.17, 15) is 4.79 Å². The van der Waals surface area contributed by atoms with Crippen LogP contribution in [0.4, 0.5) is 0 Å². The average molecular weight is 380 g/mol. The first-order valence-electron chi connectivity index (χ1n) is 10.2. The summed E-state index contributed by atoms with van der Waals surface area (Å²) in [5, 5.41) is 5.46. The van der Waals surface area contributed by atoms with Crippen LogP contribution in [0.3, 0.4) is 0 Å². The van der Waals surface area contributed by atoms with Gasteiger partial charge in [-0.15, -0.1) is 0 Å². The molecule has 1 fully saturated rings. The van der Waals surface area contributed by atoms with Crippen molar-refractivity contribution in [3.8, 4) is 0 Å². The summed E-state index contributed by atoms with van der Waals surface area (Å²) in [4.78, 5) is 17.6. The van der Waals surface area contributed by atoms with Crippen molar-refractivity contribution in [2.75, 3.05) is 26.2 Å². The number of fused-ring (bicyclic) bond motifs is 1. The number of aromatic nitrogens is 3. The molecule has 2 aromatic heterocycles. The minimum atomic E-state index is 0.147. The predicted octanol–water partition coefficient (Wildman–Crippen LogP) is 3.00. The minimum absolute atomic E-state index is 0.147. The summed E-state index contributed by atoms with van der Waals surface area (Å²) in [7, 11) is 2.02. The summed E-state index contributed by atoms with van der Waals surface area (Å²) in [6.07, 6.45) is 7.96. The van der Waals surface area contributed by atoms with Gasteiger partial charge in [0.25, 0.3) is 5.91 Å². The fraction of sp³-hybridized carbons (Fsp3) is 0.455. The lowest BCUT2D eigenvalue weighted by molar-refractivity contribution is 0.0758. The zero-order valence-electron chi connectivity index (χ0n) is 16.8. The monoisotopic (exact) mass is 379 g/mol. The molecule has 6 nitrogen and oxygen atoms in total. The highest BCUT2D eigenvalue weighted by atomic mass is 16.2. The number of benzene rings is 1. The Morgan fingerprint density at radius 3 is 2.86 bits per heavy atom. The molecule has 0 aliphatic carbocycles. The van der Waals surface area contributed by atoms with Gasteiger partial charge in [0.15, 0.2) is 0 Å². The first-order chi connectivity index (χ1) is 13.6. The van der Waals surface area contributed by atoms with Gasteiger partial charge in [-0.1, -0.05) is 6.07 Å². The number of nitrogens with zero attached hydrogens (tertiary/aromatic N) is 5. The highest BCUT2D eigenvalue weighted by Gasteiger charge is 2.23. The summed E-state index contributed by atoms with van der Waals surface area (Å²) in [6.45, 7) is 6.80. The predicted molar refractivity (Wildman–Crippen MR) is 111 cm³/mol. The molecule has 1 aromatic carbocycles. The van der Waals surface area contributed by atoms with Crippen LogP contribution in [0.2, 0.25) is 0 Å². The molecule has 1 amide bonds. The molecule has 0 bridgehead atoms. The van der Waals surface area contributed by atoms with E-state index in [2.05, 4.69) is 27.6 Å². The quantitative estimate of drug-likeness (QED) is 0.685. The first-order valence-corrected chi connectivity index (χ1v) is 10.2.